The number of hydrogen-bond acceptors (Lipinski definition) is 6. The molecule has 3 aromatic carbocycles. The maximum atomic E-state index is 13.3. The van der Waals surface area contributed by atoms with Crippen molar-refractivity contribution in [3.05, 3.63) is 110 Å². The number of Topliss-reactive ketones (excluding diaryl/α,β-unsaturated/α-hetero) is 1. The van der Waals surface area contributed by atoms with Crippen LogP contribution in [0.4, 0.5) is 5.69 Å². The van der Waals surface area contributed by atoms with Gasteiger partial charge in [-0.15, -0.1) is 0 Å². The largest absolute Gasteiger partial charge is 0.496 e. The van der Waals surface area contributed by atoms with Crippen molar-refractivity contribution in [3.63, 3.8) is 0 Å². The summed E-state index contributed by atoms with van der Waals surface area (Å²) in [5.74, 6) is -0.813. The predicted octanol–water partition coefficient (Wildman–Crippen LogP) is 5.10. The second kappa shape index (κ2) is 9.76. The number of nitro benzene ring substituents is 1. The average molecular weight is 472 g/mol. The molecule has 164 valence electrons. The van der Waals surface area contributed by atoms with Crippen molar-refractivity contribution in [3.8, 4) is 5.75 Å². The first-order chi connectivity index (χ1) is 15.2. The van der Waals surface area contributed by atoms with Crippen molar-refractivity contribution >= 4 is 39.0 Å². The van der Waals surface area contributed by atoms with Crippen molar-refractivity contribution in [1.29, 1.82) is 0 Å². The van der Waals surface area contributed by atoms with E-state index in [1.165, 1.54) is 25.3 Å². The minimum Gasteiger partial charge on any atom is -0.496 e. The summed E-state index contributed by atoms with van der Waals surface area (Å²) in [6.07, 6.45) is 1.26. The molecule has 0 unspecified atom stereocenters. The highest BCUT2D eigenvalue weighted by atomic mass is 35.5. The molecule has 0 aliphatic heterocycles. The molecule has 0 bridgehead atoms. The number of hydrogen-bond donors (Lipinski definition) is 0. The standard InChI is InChI=1S/C23H18ClNO6S/c1-31-21-5-3-2-4-18(21)14-22(23(26)17-8-12-20(13-9-17)25(27)28)32(29,30)15-16-6-10-19(24)11-7-16/h2-14H,15H2,1H3/b22-14+. The number of nitro groups is 1. The van der Waals surface area contributed by atoms with Gasteiger partial charge in [0.25, 0.3) is 5.69 Å². The Bertz CT molecular complexity index is 1280. The lowest BCUT2D eigenvalue weighted by atomic mass is 10.1. The Hall–Kier alpha value is -3.49. The number of carbonyl (C=O) groups excluding carboxylic acids is 1. The zero-order valence-electron chi connectivity index (χ0n) is 16.9. The van der Waals surface area contributed by atoms with Gasteiger partial charge in [-0.3, -0.25) is 14.9 Å². The van der Waals surface area contributed by atoms with Crippen LogP contribution in [0.2, 0.25) is 5.02 Å². The summed E-state index contributed by atoms with van der Waals surface area (Å²) in [5, 5.41) is 11.4. The average Bonchev–Trinajstić information content (AvgIpc) is 2.78. The fourth-order valence-corrected chi connectivity index (χ4v) is 4.60. The van der Waals surface area contributed by atoms with Crippen LogP contribution in [-0.4, -0.2) is 26.2 Å². The smallest absolute Gasteiger partial charge is 0.269 e. The van der Waals surface area contributed by atoms with E-state index in [1.54, 1.807) is 48.5 Å². The molecule has 0 saturated heterocycles. The van der Waals surface area contributed by atoms with E-state index in [2.05, 4.69) is 0 Å². The molecule has 0 aliphatic carbocycles. The van der Waals surface area contributed by atoms with Crippen LogP contribution in [0.5, 0.6) is 5.75 Å². The summed E-state index contributed by atoms with van der Waals surface area (Å²) in [6, 6.07) is 17.7. The molecule has 7 nitrogen and oxygen atoms in total. The van der Waals surface area contributed by atoms with Crippen LogP contribution in [0.1, 0.15) is 21.5 Å². The fourth-order valence-electron chi connectivity index (χ4n) is 2.98. The summed E-state index contributed by atoms with van der Waals surface area (Å²) in [6.45, 7) is 0. The third kappa shape index (κ3) is 5.40. The van der Waals surface area contributed by atoms with Gasteiger partial charge >= 0.3 is 0 Å². The highest BCUT2D eigenvalue weighted by molar-refractivity contribution is 7.95. The molecular weight excluding hydrogens is 454 g/mol. The zero-order valence-corrected chi connectivity index (χ0v) is 18.5. The third-order valence-corrected chi connectivity index (χ3v) is 6.53. The molecule has 0 spiro atoms. The van der Waals surface area contributed by atoms with E-state index < -0.39 is 31.2 Å². The van der Waals surface area contributed by atoms with Gasteiger partial charge in [0.05, 0.1) is 17.8 Å². The van der Waals surface area contributed by atoms with E-state index in [4.69, 9.17) is 16.3 Å². The van der Waals surface area contributed by atoms with Crippen LogP contribution in [0.25, 0.3) is 6.08 Å². The van der Waals surface area contributed by atoms with Gasteiger partial charge in [-0.2, -0.15) is 0 Å². The predicted molar refractivity (Wildman–Crippen MR) is 122 cm³/mol. The van der Waals surface area contributed by atoms with E-state index in [9.17, 15) is 23.3 Å². The van der Waals surface area contributed by atoms with Crippen molar-refractivity contribution in [2.75, 3.05) is 7.11 Å². The molecule has 3 rings (SSSR count). The molecule has 0 saturated carbocycles. The van der Waals surface area contributed by atoms with Gasteiger partial charge in [-0.25, -0.2) is 8.42 Å². The Morgan fingerprint density at radius 1 is 1.03 bits per heavy atom. The molecule has 3 aromatic rings. The van der Waals surface area contributed by atoms with Crippen molar-refractivity contribution in [1.82, 2.24) is 0 Å². The number of para-hydroxylation sites is 1. The summed E-state index contributed by atoms with van der Waals surface area (Å²) in [5.41, 5.74) is 0.661. The lowest BCUT2D eigenvalue weighted by molar-refractivity contribution is -0.384. The maximum absolute atomic E-state index is 13.3. The minimum atomic E-state index is -4.11. The molecule has 0 atom stereocenters. The Balaban J connectivity index is 2.10. The molecule has 0 radical (unpaired) electrons. The number of ether oxygens (including phenoxy) is 1. The summed E-state index contributed by atoms with van der Waals surface area (Å²) >= 11 is 5.87. The van der Waals surface area contributed by atoms with Gasteiger partial charge in [0.1, 0.15) is 10.7 Å². The van der Waals surface area contributed by atoms with Gasteiger partial charge in [-0.1, -0.05) is 41.9 Å². The van der Waals surface area contributed by atoms with E-state index in [-0.39, 0.29) is 11.3 Å². The number of non-ortho nitro benzene ring substituents is 1. The van der Waals surface area contributed by atoms with Crippen molar-refractivity contribution in [2.45, 2.75) is 5.75 Å². The van der Waals surface area contributed by atoms with Gasteiger partial charge in [0, 0.05) is 28.3 Å². The van der Waals surface area contributed by atoms with Gasteiger partial charge in [-0.05, 0) is 42.0 Å². The number of rotatable bonds is 8. The number of carbonyl (C=O) groups is 1. The molecule has 0 aliphatic rings. The van der Waals surface area contributed by atoms with Gasteiger partial charge in [0.15, 0.2) is 9.84 Å². The molecule has 0 fully saturated rings. The molecule has 9 heteroatoms. The molecule has 32 heavy (non-hydrogen) atoms. The van der Waals surface area contributed by atoms with E-state index in [0.717, 1.165) is 12.1 Å². The van der Waals surface area contributed by atoms with E-state index >= 15 is 0 Å². The highest BCUT2D eigenvalue weighted by Crippen LogP contribution is 2.27. The highest BCUT2D eigenvalue weighted by Gasteiger charge is 2.27. The summed E-state index contributed by atoms with van der Waals surface area (Å²) in [7, 11) is -2.67. The molecule has 0 heterocycles. The van der Waals surface area contributed by atoms with Crippen LogP contribution >= 0.6 is 11.6 Å². The van der Waals surface area contributed by atoms with Gasteiger partial charge < -0.3 is 4.74 Å². The van der Waals surface area contributed by atoms with Crippen LogP contribution in [-0.2, 0) is 15.6 Å². The molecule has 0 aromatic heterocycles. The minimum absolute atomic E-state index is 0.0106. The second-order valence-electron chi connectivity index (χ2n) is 6.77. The summed E-state index contributed by atoms with van der Waals surface area (Å²) in [4.78, 5) is 23.1. The number of methoxy groups -OCH3 is 1. The number of nitrogens with zero attached hydrogens (tertiary/aromatic N) is 1. The third-order valence-electron chi connectivity index (χ3n) is 4.59. The number of benzene rings is 3. The van der Waals surface area contributed by atoms with Crippen LogP contribution < -0.4 is 4.74 Å². The maximum Gasteiger partial charge on any atom is 0.269 e. The number of sulfone groups is 1. The topological polar surface area (TPSA) is 104 Å². The SMILES string of the molecule is COc1ccccc1/C=C(\C(=O)c1ccc([N+](=O)[O-])cc1)S(=O)(=O)Cc1ccc(Cl)cc1. The molecule has 0 amide bonds. The van der Waals surface area contributed by atoms with E-state index in [1.807, 2.05) is 0 Å². The van der Waals surface area contributed by atoms with Crippen molar-refractivity contribution < 1.29 is 22.9 Å². The fraction of sp³-hybridized carbons (Fsp3) is 0.0870. The zero-order chi connectivity index (χ0) is 23.3. The van der Waals surface area contributed by atoms with Crippen LogP contribution in [0.15, 0.2) is 77.7 Å². The quantitative estimate of drug-likeness (QED) is 0.196. The Labute approximate surface area is 190 Å². The number of halogens is 1. The first-order valence-corrected chi connectivity index (χ1v) is 11.4. The second-order valence-corrected chi connectivity index (χ2v) is 9.16. The Morgan fingerprint density at radius 2 is 1.66 bits per heavy atom. The molecule has 0 N–H and O–H groups in total. The first kappa shape index (κ1) is 23.2. The Kier molecular flexibility index (Phi) is 7.07. The first-order valence-electron chi connectivity index (χ1n) is 9.32. The lowest BCUT2D eigenvalue weighted by Gasteiger charge is -2.11. The summed E-state index contributed by atoms with van der Waals surface area (Å²) < 4.78 is 31.9. The van der Waals surface area contributed by atoms with E-state index in [0.29, 0.717) is 21.9 Å². The van der Waals surface area contributed by atoms with Crippen molar-refractivity contribution in [2.24, 2.45) is 0 Å². The van der Waals surface area contributed by atoms with Crippen LogP contribution in [0, 0.1) is 10.1 Å². The Morgan fingerprint density at radius 3 is 2.25 bits per heavy atom. The van der Waals surface area contributed by atoms with Gasteiger partial charge in [0.2, 0.25) is 5.78 Å². The monoisotopic (exact) mass is 471 g/mol. The normalized spacial score (nSPS) is 11.8. The number of allylic oxidation sites excluding steroid dienone is 1. The lowest BCUT2D eigenvalue weighted by Crippen LogP contribution is -2.16. The number of ketones is 1. The molecular formula is C23H18ClNO6S. The van der Waals surface area contributed by atoms with Crippen LogP contribution in [0.3, 0.4) is 0 Å².